The summed E-state index contributed by atoms with van der Waals surface area (Å²) in [6.07, 6.45) is 2.12. The van der Waals surface area contributed by atoms with Gasteiger partial charge in [-0.15, -0.1) is 4.80 Å². The lowest BCUT2D eigenvalue weighted by atomic mass is 10.1. The minimum absolute atomic E-state index is 0.0633. The largest absolute Gasteiger partial charge is 0.496 e. The third kappa shape index (κ3) is 5.27. The third-order valence-electron chi connectivity index (χ3n) is 6.12. The SMILES string of the molecule is COc1ccc(F)cc1[C@H](Cn1c(=O)n([C@@H](C)CN)c(=O)c2c(C)c(-n3nccn3)sc21)OCC(C)(C)O. The normalized spacial score (nSPS) is 13.7. The lowest BCUT2D eigenvalue weighted by Crippen LogP contribution is -2.44. The van der Waals surface area contributed by atoms with Crippen LogP contribution in [-0.4, -0.2) is 55.1 Å². The van der Waals surface area contributed by atoms with Crippen LogP contribution in [0.2, 0.25) is 0 Å². The number of ether oxygens (including phenoxy) is 2. The molecular formula is C25H31FN6O5S. The quantitative estimate of drug-likeness (QED) is 0.309. The maximum absolute atomic E-state index is 14.4. The zero-order valence-electron chi connectivity index (χ0n) is 21.8. The van der Waals surface area contributed by atoms with Crippen molar-refractivity contribution in [3.05, 3.63) is 68.4 Å². The molecule has 0 saturated carbocycles. The van der Waals surface area contributed by atoms with Crippen LogP contribution in [0.1, 0.15) is 44.0 Å². The van der Waals surface area contributed by atoms with Gasteiger partial charge in [-0.1, -0.05) is 11.3 Å². The van der Waals surface area contributed by atoms with E-state index in [1.807, 2.05) is 0 Å². The van der Waals surface area contributed by atoms with E-state index in [-0.39, 0.29) is 19.7 Å². The summed E-state index contributed by atoms with van der Waals surface area (Å²) in [4.78, 5) is 29.2. The zero-order valence-corrected chi connectivity index (χ0v) is 22.7. The molecule has 0 spiro atoms. The number of aliphatic hydroxyl groups is 1. The summed E-state index contributed by atoms with van der Waals surface area (Å²) < 4.78 is 28.4. The Morgan fingerprint density at radius 2 is 1.92 bits per heavy atom. The van der Waals surface area contributed by atoms with Crippen LogP contribution in [-0.2, 0) is 11.3 Å². The molecule has 4 rings (SSSR count). The van der Waals surface area contributed by atoms with E-state index >= 15 is 0 Å². The Labute approximate surface area is 221 Å². The van der Waals surface area contributed by atoms with Crippen molar-refractivity contribution < 1.29 is 19.0 Å². The standard InChI is InChI=1S/C25H31FN6O5S/c1-14(11-27)31-21(33)20-15(2)22(32-28-8-9-29-32)38-23(20)30(24(31)34)12-19(37-13-25(3,4)35)17-10-16(26)6-7-18(17)36-5/h6-10,14,19,35H,11-13,27H2,1-5H3/t14-,19-/m0/s1. The molecule has 0 saturated heterocycles. The van der Waals surface area contributed by atoms with Crippen LogP contribution in [0.4, 0.5) is 4.39 Å². The molecule has 0 fully saturated rings. The molecule has 1 aromatic carbocycles. The highest BCUT2D eigenvalue weighted by Gasteiger charge is 2.28. The van der Waals surface area contributed by atoms with E-state index in [4.69, 9.17) is 15.2 Å². The molecule has 11 nitrogen and oxygen atoms in total. The fourth-order valence-corrected chi connectivity index (χ4v) is 5.41. The molecule has 3 heterocycles. The summed E-state index contributed by atoms with van der Waals surface area (Å²) in [6, 6.07) is 3.41. The first-order valence-corrected chi connectivity index (χ1v) is 12.8. The molecule has 0 aliphatic carbocycles. The van der Waals surface area contributed by atoms with Gasteiger partial charge in [0.1, 0.15) is 27.5 Å². The average molecular weight is 547 g/mol. The second kappa shape index (κ2) is 10.8. The summed E-state index contributed by atoms with van der Waals surface area (Å²) in [5, 5.41) is 19.6. The molecule has 2 atom stereocenters. The van der Waals surface area contributed by atoms with Gasteiger partial charge in [-0.25, -0.2) is 9.18 Å². The number of hydrogen-bond donors (Lipinski definition) is 2. The first kappa shape index (κ1) is 27.6. The van der Waals surface area contributed by atoms with Crippen LogP contribution >= 0.6 is 11.3 Å². The van der Waals surface area contributed by atoms with Gasteiger partial charge in [0.05, 0.1) is 49.7 Å². The van der Waals surface area contributed by atoms with Gasteiger partial charge in [0.2, 0.25) is 0 Å². The maximum atomic E-state index is 14.4. The molecule has 0 unspecified atom stereocenters. The fourth-order valence-electron chi connectivity index (χ4n) is 4.19. The second-order valence-electron chi connectivity index (χ2n) is 9.68. The monoisotopic (exact) mass is 546 g/mol. The van der Waals surface area contributed by atoms with Crippen LogP contribution in [0.25, 0.3) is 15.2 Å². The first-order valence-electron chi connectivity index (χ1n) is 12.0. The summed E-state index contributed by atoms with van der Waals surface area (Å²) in [5.41, 5.74) is 4.55. The number of thiophene rings is 1. The maximum Gasteiger partial charge on any atom is 0.332 e. The molecule has 0 amide bonds. The van der Waals surface area contributed by atoms with Gasteiger partial charge in [0.15, 0.2) is 0 Å². The number of benzene rings is 1. The fraction of sp³-hybridized carbons (Fsp3) is 0.440. The molecule has 0 radical (unpaired) electrons. The summed E-state index contributed by atoms with van der Waals surface area (Å²) >= 11 is 1.18. The lowest BCUT2D eigenvalue weighted by Gasteiger charge is -2.26. The average Bonchev–Trinajstić information content (AvgIpc) is 3.51. The van der Waals surface area contributed by atoms with Crippen LogP contribution in [0.3, 0.4) is 0 Å². The molecule has 3 N–H and O–H groups in total. The minimum Gasteiger partial charge on any atom is -0.496 e. The van der Waals surface area contributed by atoms with Crippen LogP contribution in [0, 0.1) is 12.7 Å². The van der Waals surface area contributed by atoms with E-state index in [9.17, 15) is 19.1 Å². The molecule has 0 bridgehead atoms. The number of methoxy groups -OCH3 is 1. The van der Waals surface area contributed by atoms with Crippen molar-refractivity contribution in [3.8, 4) is 10.8 Å². The van der Waals surface area contributed by atoms with Crippen LogP contribution in [0.15, 0.2) is 40.2 Å². The third-order valence-corrected chi connectivity index (χ3v) is 7.41. The van der Waals surface area contributed by atoms with Crippen molar-refractivity contribution in [3.63, 3.8) is 0 Å². The Morgan fingerprint density at radius 3 is 2.53 bits per heavy atom. The van der Waals surface area contributed by atoms with Crippen molar-refractivity contribution in [2.75, 3.05) is 20.3 Å². The smallest absolute Gasteiger partial charge is 0.332 e. The van der Waals surface area contributed by atoms with E-state index < -0.39 is 34.8 Å². The van der Waals surface area contributed by atoms with Gasteiger partial charge >= 0.3 is 5.69 Å². The van der Waals surface area contributed by atoms with E-state index in [2.05, 4.69) is 10.2 Å². The number of hydrogen-bond acceptors (Lipinski definition) is 9. The highest BCUT2D eigenvalue weighted by atomic mass is 32.1. The van der Waals surface area contributed by atoms with Crippen molar-refractivity contribution >= 4 is 21.6 Å². The Kier molecular flexibility index (Phi) is 7.83. The summed E-state index contributed by atoms with van der Waals surface area (Å²) in [7, 11) is 1.45. The van der Waals surface area contributed by atoms with Crippen LogP contribution < -0.4 is 21.7 Å². The number of nitrogens with two attached hydrogens (primary N) is 1. The van der Waals surface area contributed by atoms with Gasteiger partial charge in [0.25, 0.3) is 5.56 Å². The van der Waals surface area contributed by atoms with Gasteiger partial charge in [-0.05, 0) is 45.9 Å². The first-order chi connectivity index (χ1) is 18.0. The number of halogens is 1. The Hall–Kier alpha value is -3.39. The predicted octanol–water partition coefficient (Wildman–Crippen LogP) is 2.31. The second-order valence-corrected chi connectivity index (χ2v) is 10.7. The topological polar surface area (TPSA) is 139 Å². The Morgan fingerprint density at radius 1 is 1.24 bits per heavy atom. The van der Waals surface area contributed by atoms with Crippen molar-refractivity contribution in [2.45, 2.75) is 52.0 Å². The number of aromatic nitrogens is 5. The lowest BCUT2D eigenvalue weighted by molar-refractivity contribution is -0.0595. The van der Waals surface area contributed by atoms with E-state index in [1.54, 1.807) is 27.7 Å². The number of aryl methyl sites for hydroxylation is 1. The Bertz CT molecular complexity index is 1550. The van der Waals surface area contributed by atoms with E-state index in [1.165, 1.54) is 58.4 Å². The Balaban J connectivity index is 1.98. The molecule has 0 aliphatic rings. The molecule has 13 heteroatoms. The minimum atomic E-state index is -1.20. The zero-order chi connectivity index (χ0) is 27.8. The summed E-state index contributed by atoms with van der Waals surface area (Å²) in [5.74, 6) is -0.167. The molecule has 38 heavy (non-hydrogen) atoms. The highest BCUT2D eigenvalue weighted by molar-refractivity contribution is 7.21. The van der Waals surface area contributed by atoms with Gasteiger partial charge in [-0.3, -0.25) is 13.9 Å². The van der Waals surface area contributed by atoms with Crippen molar-refractivity contribution in [1.29, 1.82) is 0 Å². The number of nitrogens with zero attached hydrogens (tertiary/aromatic N) is 5. The molecule has 204 valence electrons. The molecular weight excluding hydrogens is 515 g/mol. The predicted molar refractivity (Wildman–Crippen MR) is 142 cm³/mol. The van der Waals surface area contributed by atoms with Gasteiger partial charge < -0.3 is 20.3 Å². The molecule has 0 aliphatic heterocycles. The van der Waals surface area contributed by atoms with Crippen molar-refractivity contribution in [2.24, 2.45) is 5.73 Å². The number of rotatable bonds is 10. The van der Waals surface area contributed by atoms with Gasteiger partial charge in [0, 0.05) is 17.7 Å². The highest BCUT2D eigenvalue weighted by Crippen LogP contribution is 2.34. The van der Waals surface area contributed by atoms with E-state index in [0.29, 0.717) is 32.1 Å². The molecule has 4 aromatic rings. The van der Waals surface area contributed by atoms with Gasteiger partial charge in [-0.2, -0.15) is 10.2 Å². The van der Waals surface area contributed by atoms with Crippen molar-refractivity contribution in [1.82, 2.24) is 24.1 Å². The number of fused-ring (bicyclic) bond motifs is 1. The summed E-state index contributed by atoms with van der Waals surface area (Å²) in [6.45, 7) is 6.46. The molecule has 3 aromatic heterocycles. The van der Waals surface area contributed by atoms with Crippen LogP contribution in [0.5, 0.6) is 5.75 Å². The van der Waals surface area contributed by atoms with E-state index in [0.717, 1.165) is 4.57 Å².